The molecule has 3 aromatic carbocycles. The van der Waals surface area contributed by atoms with E-state index in [-0.39, 0.29) is 44.2 Å². The predicted octanol–water partition coefficient (Wildman–Crippen LogP) is 5.06. The predicted molar refractivity (Wildman–Crippen MR) is 153 cm³/mol. The van der Waals surface area contributed by atoms with E-state index in [1.54, 1.807) is 18.2 Å². The Hall–Kier alpha value is -3.14. The first-order valence-corrected chi connectivity index (χ1v) is 14.8. The Balaban J connectivity index is 1.86. The van der Waals surface area contributed by atoms with E-state index in [0.29, 0.717) is 21.3 Å². The van der Waals surface area contributed by atoms with Crippen LogP contribution in [-0.2, 0) is 32.6 Å². The number of hydrogen-bond acceptors (Lipinski definition) is 4. The lowest BCUT2D eigenvalue weighted by atomic mass is 10.0. The lowest BCUT2D eigenvalue weighted by Crippen LogP contribution is -2.49. The molecule has 208 valence electrons. The third-order valence-electron chi connectivity index (χ3n) is 6.14. The summed E-state index contributed by atoms with van der Waals surface area (Å²) in [5.41, 5.74) is 1.77. The number of hydrogen-bond donors (Lipinski definition) is 1. The number of halogens is 3. The minimum Gasteiger partial charge on any atom is -0.357 e. The van der Waals surface area contributed by atoms with Crippen LogP contribution in [0, 0.1) is 5.82 Å². The van der Waals surface area contributed by atoms with E-state index >= 15 is 0 Å². The minimum atomic E-state index is -3.69. The molecule has 3 aromatic rings. The minimum absolute atomic E-state index is 0.00489. The number of likely N-dealkylation sites (N-methyl/N-ethyl adjacent to an activating group) is 1. The lowest BCUT2D eigenvalue weighted by Gasteiger charge is -2.32. The van der Waals surface area contributed by atoms with E-state index in [4.69, 9.17) is 23.2 Å². The Morgan fingerprint density at radius 3 is 2.26 bits per heavy atom. The van der Waals surface area contributed by atoms with Gasteiger partial charge in [-0.25, -0.2) is 12.8 Å². The molecule has 1 atom stereocenters. The largest absolute Gasteiger partial charge is 0.357 e. The van der Waals surface area contributed by atoms with Crippen molar-refractivity contribution in [1.82, 2.24) is 10.2 Å². The van der Waals surface area contributed by atoms with Gasteiger partial charge in [0.2, 0.25) is 21.8 Å². The smallest absolute Gasteiger partial charge is 0.242 e. The van der Waals surface area contributed by atoms with Crippen molar-refractivity contribution in [3.8, 4) is 0 Å². The number of amides is 2. The summed E-state index contributed by atoms with van der Waals surface area (Å²) in [5.74, 6) is -1.18. The topological polar surface area (TPSA) is 86.8 Å². The van der Waals surface area contributed by atoms with Crippen molar-refractivity contribution in [2.45, 2.75) is 31.8 Å². The Morgan fingerprint density at radius 1 is 1.00 bits per heavy atom. The van der Waals surface area contributed by atoms with Crippen LogP contribution >= 0.6 is 23.2 Å². The summed E-state index contributed by atoms with van der Waals surface area (Å²) in [6, 6.07) is 18.5. The first-order valence-electron chi connectivity index (χ1n) is 12.2. The van der Waals surface area contributed by atoms with Crippen molar-refractivity contribution in [3.63, 3.8) is 0 Å². The van der Waals surface area contributed by atoms with Crippen LogP contribution in [0.5, 0.6) is 0 Å². The van der Waals surface area contributed by atoms with Crippen LogP contribution in [0.4, 0.5) is 10.1 Å². The van der Waals surface area contributed by atoms with E-state index in [2.05, 4.69) is 5.32 Å². The number of rotatable bonds is 12. The quantitative estimate of drug-likeness (QED) is 0.318. The van der Waals surface area contributed by atoms with Crippen molar-refractivity contribution >= 4 is 50.7 Å². The van der Waals surface area contributed by atoms with Crippen molar-refractivity contribution in [3.05, 3.63) is 99.8 Å². The average Bonchev–Trinajstić information content (AvgIpc) is 2.89. The maximum absolute atomic E-state index is 13.6. The molecule has 0 bridgehead atoms. The molecule has 0 spiro atoms. The molecule has 0 fully saturated rings. The molecule has 11 heteroatoms. The van der Waals surface area contributed by atoms with E-state index in [9.17, 15) is 22.4 Å². The van der Waals surface area contributed by atoms with E-state index in [1.165, 1.54) is 36.2 Å². The summed E-state index contributed by atoms with van der Waals surface area (Å²) in [6.07, 6.45) is 1.44. The highest BCUT2D eigenvalue weighted by Crippen LogP contribution is 2.25. The summed E-state index contributed by atoms with van der Waals surface area (Å²) in [5, 5.41) is 3.44. The van der Waals surface area contributed by atoms with Gasteiger partial charge in [-0.05, 0) is 53.9 Å². The SMILES string of the molecule is CNC(=O)[C@@H](Cc1ccccc1)N(Cc1ccc(Cl)cc1Cl)C(=O)CCCN(c1ccc(F)cc1)S(C)(=O)=O. The fourth-order valence-electron chi connectivity index (χ4n) is 4.17. The molecule has 0 radical (unpaired) electrons. The molecule has 0 aliphatic carbocycles. The Labute approximate surface area is 238 Å². The molecular formula is C28H30Cl2FN3O4S. The molecule has 39 heavy (non-hydrogen) atoms. The van der Waals surface area contributed by atoms with Crippen LogP contribution in [0.3, 0.4) is 0 Å². The molecule has 2 amide bonds. The summed E-state index contributed by atoms with van der Waals surface area (Å²) < 4.78 is 39.4. The van der Waals surface area contributed by atoms with E-state index in [1.807, 2.05) is 30.3 Å². The molecule has 1 N–H and O–H groups in total. The number of carbonyl (C=O) groups excluding carboxylic acids is 2. The Kier molecular flexibility index (Phi) is 10.7. The van der Waals surface area contributed by atoms with Crippen LogP contribution in [0.25, 0.3) is 0 Å². The highest BCUT2D eigenvalue weighted by atomic mass is 35.5. The van der Waals surface area contributed by atoms with Gasteiger partial charge in [-0.1, -0.05) is 59.6 Å². The molecule has 0 aliphatic rings. The number of nitrogens with zero attached hydrogens (tertiary/aromatic N) is 2. The summed E-state index contributed by atoms with van der Waals surface area (Å²) in [7, 11) is -2.18. The van der Waals surface area contributed by atoms with Gasteiger partial charge in [-0.2, -0.15) is 0 Å². The third kappa shape index (κ3) is 8.68. The van der Waals surface area contributed by atoms with E-state index in [0.717, 1.165) is 16.1 Å². The highest BCUT2D eigenvalue weighted by Gasteiger charge is 2.30. The first kappa shape index (κ1) is 30.4. The molecule has 7 nitrogen and oxygen atoms in total. The number of carbonyl (C=O) groups is 2. The Bertz CT molecular complexity index is 1390. The van der Waals surface area contributed by atoms with Crippen LogP contribution in [-0.4, -0.2) is 51.0 Å². The van der Waals surface area contributed by atoms with Crippen molar-refractivity contribution < 1.29 is 22.4 Å². The molecule has 0 aliphatic heterocycles. The van der Waals surface area contributed by atoms with E-state index < -0.39 is 21.9 Å². The summed E-state index contributed by atoms with van der Waals surface area (Å²) in [6.45, 7) is 0.0442. The van der Waals surface area contributed by atoms with Crippen molar-refractivity contribution in [2.75, 3.05) is 24.2 Å². The van der Waals surface area contributed by atoms with Crippen LogP contribution < -0.4 is 9.62 Å². The second kappa shape index (κ2) is 13.8. The summed E-state index contributed by atoms with van der Waals surface area (Å²) in [4.78, 5) is 28.2. The fraction of sp³-hybridized carbons (Fsp3) is 0.286. The maximum Gasteiger partial charge on any atom is 0.242 e. The second-order valence-electron chi connectivity index (χ2n) is 8.99. The molecule has 0 saturated carbocycles. The number of anilines is 1. The molecular weight excluding hydrogens is 564 g/mol. The maximum atomic E-state index is 13.6. The molecule has 0 saturated heterocycles. The molecule has 3 rings (SSSR count). The van der Waals surface area contributed by atoms with Crippen LogP contribution in [0.1, 0.15) is 24.0 Å². The van der Waals surface area contributed by atoms with Gasteiger partial charge < -0.3 is 10.2 Å². The molecule has 0 unspecified atom stereocenters. The summed E-state index contributed by atoms with van der Waals surface area (Å²) >= 11 is 12.5. The third-order valence-corrected chi connectivity index (χ3v) is 7.92. The van der Waals surface area contributed by atoms with Gasteiger partial charge in [-0.3, -0.25) is 13.9 Å². The normalized spacial score (nSPS) is 12.0. The molecule has 0 aromatic heterocycles. The zero-order chi connectivity index (χ0) is 28.6. The van der Waals surface area contributed by atoms with Crippen molar-refractivity contribution in [1.29, 1.82) is 0 Å². The highest BCUT2D eigenvalue weighted by molar-refractivity contribution is 7.92. The standard InChI is InChI=1S/C28H30Cl2FN3O4S/c1-32-28(36)26(17-20-7-4-3-5-8-20)33(19-21-10-11-22(29)18-25(21)30)27(35)9-6-16-34(39(2,37)38)24-14-12-23(31)13-15-24/h3-5,7-8,10-15,18,26H,6,9,16-17,19H2,1-2H3,(H,32,36)/t26-/m1/s1. The number of sulfonamides is 1. The lowest BCUT2D eigenvalue weighted by molar-refractivity contribution is -0.141. The van der Waals surface area contributed by atoms with Gasteiger partial charge in [0.25, 0.3) is 0 Å². The zero-order valence-corrected chi connectivity index (χ0v) is 23.9. The number of benzene rings is 3. The zero-order valence-electron chi connectivity index (χ0n) is 21.6. The van der Waals surface area contributed by atoms with Crippen molar-refractivity contribution in [2.24, 2.45) is 0 Å². The van der Waals surface area contributed by atoms with Gasteiger partial charge in [0.1, 0.15) is 11.9 Å². The first-order chi connectivity index (χ1) is 18.5. The van der Waals surface area contributed by atoms with Gasteiger partial charge in [0.05, 0.1) is 11.9 Å². The van der Waals surface area contributed by atoms with Crippen LogP contribution in [0.2, 0.25) is 10.0 Å². The average molecular weight is 595 g/mol. The van der Waals surface area contributed by atoms with Gasteiger partial charge in [0.15, 0.2) is 0 Å². The van der Waals surface area contributed by atoms with Gasteiger partial charge >= 0.3 is 0 Å². The fourth-order valence-corrected chi connectivity index (χ4v) is 5.60. The van der Waals surface area contributed by atoms with Gasteiger partial charge in [-0.15, -0.1) is 0 Å². The second-order valence-corrected chi connectivity index (χ2v) is 11.7. The molecule has 0 heterocycles. The monoisotopic (exact) mass is 593 g/mol. The van der Waals surface area contributed by atoms with Gasteiger partial charge in [0, 0.05) is 43.0 Å². The van der Waals surface area contributed by atoms with Crippen LogP contribution in [0.15, 0.2) is 72.8 Å². The Morgan fingerprint density at radius 2 is 1.67 bits per heavy atom. The number of nitrogens with one attached hydrogen (secondary N) is 1.